The quantitative estimate of drug-likeness (QED) is 0.127. The SMILES string of the molecule is O=c1c2cc(Br)ccc2nc(C2CCCCC2)n1N=Cc1ccc(OCc2ccc(Cl)cc2)c([N+](=O)[O-])c1. The van der Waals surface area contributed by atoms with E-state index in [0.29, 0.717) is 27.3 Å². The van der Waals surface area contributed by atoms with E-state index in [1.165, 1.54) is 29.4 Å². The molecule has 1 aromatic heterocycles. The highest BCUT2D eigenvalue weighted by molar-refractivity contribution is 9.10. The number of benzene rings is 3. The fourth-order valence-corrected chi connectivity index (χ4v) is 5.14. The fraction of sp³-hybridized carbons (Fsp3) is 0.250. The molecule has 1 fully saturated rings. The van der Waals surface area contributed by atoms with Crippen LogP contribution in [-0.4, -0.2) is 20.8 Å². The summed E-state index contributed by atoms with van der Waals surface area (Å²) in [5, 5.41) is 17.3. The predicted octanol–water partition coefficient (Wildman–Crippen LogP) is 7.23. The lowest BCUT2D eigenvalue weighted by Gasteiger charge is -2.22. The third-order valence-corrected chi connectivity index (χ3v) is 7.36. The van der Waals surface area contributed by atoms with Crippen LogP contribution in [0.3, 0.4) is 0 Å². The smallest absolute Gasteiger partial charge is 0.311 e. The van der Waals surface area contributed by atoms with E-state index < -0.39 is 4.92 Å². The number of nitro benzene ring substituents is 1. The Labute approximate surface area is 232 Å². The second-order valence-corrected chi connectivity index (χ2v) is 10.6. The molecule has 0 saturated heterocycles. The highest BCUT2D eigenvalue weighted by Crippen LogP contribution is 2.32. The van der Waals surface area contributed by atoms with Gasteiger partial charge in [0.2, 0.25) is 0 Å². The molecule has 0 amide bonds. The monoisotopic (exact) mass is 594 g/mol. The maximum absolute atomic E-state index is 13.5. The summed E-state index contributed by atoms with van der Waals surface area (Å²) in [6.45, 7) is 0.157. The molecule has 1 heterocycles. The van der Waals surface area contributed by atoms with E-state index in [1.54, 1.807) is 36.4 Å². The van der Waals surface area contributed by atoms with Gasteiger partial charge in [0, 0.05) is 27.0 Å². The van der Waals surface area contributed by atoms with Crippen LogP contribution in [0.15, 0.2) is 75.0 Å². The summed E-state index contributed by atoms with van der Waals surface area (Å²) in [5.41, 5.74) is 1.46. The van der Waals surface area contributed by atoms with Crippen molar-refractivity contribution in [2.24, 2.45) is 5.10 Å². The molecule has 1 aliphatic carbocycles. The lowest BCUT2D eigenvalue weighted by atomic mass is 9.88. The molecular formula is C28H24BrClN4O4. The second kappa shape index (κ2) is 11.4. The van der Waals surface area contributed by atoms with E-state index in [0.717, 1.165) is 35.7 Å². The lowest BCUT2D eigenvalue weighted by molar-refractivity contribution is -0.385. The third-order valence-electron chi connectivity index (χ3n) is 6.61. The first-order valence-electron chi connectivity index (χ1n) is 12.3. The van der Waals surface area contributed by atoms with Gasteiger partial charge in [-0.2, -0.15) is 9.78 Å². The second-order valence-electron chi connectivity index (χ2n) is 9.23. The van der Waals surface area contributed by atoms with E-state index in [4.69, 9.17) is 21.3 Å². The van der Waals surface area contributed by atoms with Crippen molar-refractivity contribution < 1.29 is 9.66 Å². The number of nitrogens with zero attached hydrogens (tertiary/aromatic N) is 4. The van der Waals surface area contributed by atoms with Crippen molar-refractivity contribution in [3.05, 3.63) is 108 Å². The van der Waals surface area contributed by atoms with Crippen molar-refractivity contribution in [1.82, 2.24) is 9.66 Å². The van der Waals surface area contributed by atoms with Crippen LogP contribution in [0.1, 0.15) is 55.0 Å². The van der Waals surface area contributed by atoms with E-state index in [2.05, 4.69) is 21.0 Å². The minimum absolute atomic E-state index is 0.125. The molecule has 5 rings (SSSR count). The number of aromatic nitrogens is 2. The van der Waals surface area contributed by atoms with Gasteiger partial charge in [-0.1, -0.05) is 58.9 Å². The van der Waals surface area contributed by atoms with Crippen molar-refractivity contribution in [1.29, 1.82) is 0 Å². The first-order valence-corrected chi connectivity index (χ1v) is 13.5. The topological polar surface area (TPSA) is 99.6 Å². The third kappa shape index (κ3) is 5.79. The summed E-state index contributed by atoms with van der Waals surface area (Å²) in [5.74, 6) is 0.886. The van der Waals surface area contributed by atoms with E-state index in [1.807, 2.05) is 12.1 Å². The summed E-state index contributed by atoms with van der Waals surface area (Å²) >= 11 is 9.34. The Morgan fingerprint density at radius 2 is 1.87 bits per heavy atom. The molecule has 0 atom stereocenters. The Balaban J connectivity index is 1.48. The molecule has 0 spiro atoms. The molecule has 0 unspecified atom stereocenters. The lowest BCUT2D eigenvalue weighted by Crippen LogP contribution is -2.25. The van der Waals surface area contributed by atoms with Crippen LogP contribution in [0.25, 0.3) is 10.9 Å². The van der Waals surface area contributed by atoms with Crippen LogP contribution in [-0.2, 0) is 6.61 Å². The summed E-state index contributed by atoms with van der Waals surface area (Å²) in [4.78, 5) is 29.6. The molecule has 194 valence electrons. The molecule has 1 saturated carbocycles. The van der Waals surface area contributed by atoms with Gasteiger partial charge in [0.05, 0.1) is 22.0 Å². The summed E-state index contributed by atoms with van der Waals surface area (Å²) in [6.07, 6.45) is 6.65. The minimum Gasteiger partial charge on any atom is -0.482 e. The number of halogens is 2. The Hall–Kier alpha value is -3.56. The van der Waals surface area contributed by atoms with Gasteiger partial charge in [0.15, 0.2) is 5.75 Å². The van der Waals surface area contributed by atoms with Crippen LogP contribution in [0.4, 0.5) is 5.69 Å². The zero-order valence-corrected chi connectivity index (χ0v) is 22.7. The molecule has 4 aromatic rings. The average Bonchev–Trinajstić information content (AvgIpc) is 2.93. The molecule has 0 N–H and O–H groups in total. The maximum Gasteiger partial charge on any atom is 0.311 e. The van der Waals surface area contributed by atoms with Crippen LogP contribution in [0.2, 0.25) is 5.02 Å². The standard InChI is InChI=1S/C28H24BrClN4O4/c29-21-9-12-24-23(15-21)28(35)33(27(32-24)20-4-2-1-3-5-20)31-16-19-8-13-26(25(14-19)34(36)37)38-17-18-6-10-22(30)11-7-18/h6-16,20H,1-5,17H2. The largest absolute Gasteiger partial charge is 0.482 e. The number of ether oxygens (including phenoxy) is 1. The van der Waals surface area contributed by atoms with Crippen molar-refractivity contribution in [3.8, 4) is 5.75 Å². The van der Waals surface area contributed by atoms with E-state index in [-0.39, 0.29) is 29.5 Å². The highest BCUT2D eigenvalue weighted by atomic mass is 79.9. The zero-order valence-electron chi connectivity index (χ0n) is 20.3. The van der Waals surface area contributed by atoms with Gasteiger partial charge in [0.25, 0.3) is 5.56 Å². The molecule has 8 nitrogen and oxygen atoms in total. The molecule has 38 heavy (non-hydrogen) atoms. The zero-order chi connectivity index (χ0) is 26.6. The van der Waals surface area contributed by atoms with Crippen LogP contribution < -0.4 is 10.3 Å². The number of hydrogen-bond acceptors (Lipinski definition) is 6. The van der Waals surface area contributed by atoms with Gasteiger partial charge in [-0.25, -0.2) is 4.98 Å². The van der Waals surface area contributed by atoms with E-state index >= 15 is 0 Å². The van der Waals surface area contributed by atoms with Crippen molar-refractivity contribution in [2.75, 3.05) is 0 Å². The molecule has 10 heteroatoms. The Kier molecular flexibility index (Phi) is 7.85. The van der Waals surface area contributed by atoms with Crippen LogP contribution in [0, 0.1) is 10.1 Å². The molecule has 3 aromatic carbocycles. The predicted molar refractivity (Wildman–Crippen MR) is 151 cm³/mol. The fourth-order valence-electron chi connectivity index (χ4n) is 4.65. The summed E-state index contributed by atoms with van der Waals surface area (Å²) in [6, 6.07) is 17.1. The molecular weight excluding hydrogens is 572 g/mol. The molecule has 1 aliphatic rings. The number of hydrogen-bond donors (Lipinski definition) is 0. The first-order chi connectivity index (χ1) is 18.4. The first kappa shape index (κ1) is 26.1. The number of rotatable bonds is 7. The summed E-state index contributed by atoms with van der Waals surface area (Å²) in [7, 11) is 0. The minimum atomic E-state index is -0.497. The highest BCUT2D eigenvalue weighted by Gasteiger charge is 2.23. The maximum atomic E-state index is 13.5. The van der Waals surface area contributed by atoms with Gasteiger partial charge in [-0.15, -0.1) is 0 Å². The van der Waals surface area contributed by atoms with Gasteiger partial charge >= 0.3 is 5.69 Å². The van der Waals surface area contributed by atoms with Gasteiger partial charge < -0.3 is 4.74 Å². The van der Waals surface area contributed by atoms with Crippen LogP contribution >= 0.6 is 27.5 Å². The number of nitro groups is 1. The van der Waals surface area contributed by atoms with Gasteiger partial charge in [-0.05, 0) is 60.9 Å². The van der Waals surface area contributed by atoms with Gasteiger partial charge in [0.1, 0.15) is 12.4 Å². The molecule has 0 radical (unpaired) electrons. The van der Waals surface area contributed by atoms with E-state index in [9.17, 15) is 14.9 Å². The van der Waals surface area contributed by atoms with Gasteiger partial charge in [-0.3, -0.25) is 14.9 Å². The van der Waals surface area contributed by atoms with Crippen molar-refractivity contribution in [2.45, 2.75) is 44.6 Å². The molecule has 0 aliphatic heterocycles. The normalized spacial score (nSPS) is 14.3. The average molecular weight is 596 g/mol. The van der Waals surface area contributed by atoms with Crippen molar-refractivity contribution >= 4 is 50.3 Å². The van der Waals surface area contributed by atoms with Crippen LogP contribution in [0.5, 0.6) is 5.75 Å². The Morgan fingerprint density at radius 1 is 1.11 bits per heavy atom. The summed E-state index contributed by atoms with van der Waals surface area (Å²) < 4.78 is 7.84. The van der Waals surface area contributed by atoms with Crippen molar-refractivity contribution in [3.63, 3.8) is 0 Å². The molecule has 0 bridgehead atoms. The Bertz CT molecular complexity index is 1580. The number of fused-ring (bicyclic) bond motifs is 1. The Morgan fingerprint density at radius 3 is 2.61 bits per heavy atom.